The second-order valence-electron chi connectivity index (χ2n) is 5.50. The van der Waals surface area contributed by atoms with Gasteiger partial charge in [0.05, 0.1) is 17.8 Å². The number of benzene rings is 2. The summed E-state index contributed by atoms with van der Waals surface area (Å²) < 4.78 is 0. The number of rotatable bonds is 3. The van der Waals surface area contributed by atoms with E-state index >= 15 is 0 Å². The van der Waals surface area contributed by atoms with E-state index in [1.54, 1.807) is 18.2 Å². The lowest BCUT2D eigenvalue weighted by molar-refractivity contribution is -0.125. The number of imide groups is 1. The molecular formula is C18H17ClN2O2. The van der Waals surface area contributed by atoms with Gasteiger partial charge < -0.3 is 5.32 Å². The average molecular weight is 329 g/mol. The Hall–Kier alpha value is -2.33. The van der Waals surface area contributed by atoms with Crippen LogP contribution in [0.5, 0.6) is 0 Å². The molecule has 0 radical (unpaired) electrons. The zero-order chi connectivity index (χ0) is 16.4. The molecule has 0 spiro atoms. The van der Waals surface area contributed by atoms with E-state index in [1.165, 1.54) is 11.8 Å². The van der Waals surface area contributed by atoms with Crippen molar-refractivity contribution in [3.05, 3.63) is 58.6 Å². The molecule has 0 saturated carbocycles. The molecule has 0 unspecified atom stereocenters. The molecule has 1 N–H and O–H groups in total. The van der Waals surface area contributed by atoms with E-state index in [2.05, 4.69) is 5.32 Å². The largest absolute Gasteiger partial charge is 0.383 e. The number of amides is 2. The number of hydrogen-bond acceptors (Lipinski definition) is 3. The van der Waals surface area contributed by atoms with Crippen LogP contribution >= 0.6 is 11.6 Å². The summed E-state index contributed by atoms with van der Waals surface area (Å²) in [4.78, 5) is 26.1. The van der Waals surface area contributed by atoms with E-state index in [1.807, 2.05) is 24.3 Å². The maximum absolute atomic E-state index is 12.7. The molecule has 0 saturated heterocycles. The maximum Gasteiger partial charge on any atom is 0.238 e. The Morgan fingerprint density at radius 3 is 2.70 bits per heavy atom. The topological polar surface area (TPSA) is 49.4 Å². The third-order valence-corrected chi connectivity index (χ3v) is 4.30. The predicted octanol–water partition coefficient (Wildman–Crippen LogP) is 3.43. The molecule has 0 bridgehead atoms. The summed E-state index contributed by atoms with van der Waals surface area (Å²) in [5.74, 6) is -0.586. The molecule has 3 rings (SSSR count). The minimum absolute atomic E-state index is 0.0862. The zero-order valence-corrected chi connectivity index (χ0v) is 13.6. The van der Waals surface area contributed by atoms with Crippen LogP contribution in [0, 0.1) is 0 Å². The van der Waals surface area contributed by atoms with Crippen LogP contribution in [0.2, 0.25) is 5.02 Å². The first-order valence-corrected chi connectivity index (χ1v) is 7.88. The molecule has 2 amide bonds. The molecule has 118 valence electrons. The molecule has 0 aromatic heterocycles. The molecular weight excluding hydrogens is 312 g/mol. The first-order chi connectivity index (χ1) is 11.1. The van der Waals surface area contributed by atoms with Gasteiger partial charge in [-0.25, -0.2) is 4.90 Å². The lowest BCUT2D eigenvalue weighted by Crippen LogP contribution is -2.36. The molecule has 23 heavy (non-hydrogen) atoms. The highest BCUT2D eigenvalue weighted by Crippen LogP contribution is 2.34. The highest BCUT2D eigenvalue weighted by molar-refractivity contribution is 6.31. The third-order valence-electron chi connectivity index (χ3n) is 3.93. The minimum atomic E-state index is -0.302. The van der Waals surface area contributed by atoms with Gasteiger partial charge in [0, 0.05) is 18.5 Å². The summed E-state index contributed by atoms with van der Waals surface area (Å²) in [5, 5.41) is 3.79. The van der Waals surface area contributed by atoms with Crippen molar-refractivity contribution < 1.29 is 9.59 Å². The highest BCUT2D eigenvalue weighted by atomic mass is 35.5. The van der Waals surface area contributed by atoms with Crippen LogP contribution in [0.1, 0.15) is 18.1 Å². The van der Waals surface area contributed by atoms with Gasteiger partial charge in [0.25, 0.3) is 0 Å². The van der Waals surface area contributed by atoms with Crippen molar-refractivity contribution in [1.29, 1.82) is 0 Å². The number of halogens is 1. The first kappa shape index (κ1) is 15.6. The van der Waals surface area contributed by atoms with Gasteiger partial charge >= 0.3 is 0 Å². The molecule has 2 aromatic carbocycles. The molecule has 0 atom stereocenters. The summed E-state index contributed by atoms with van der Waals surface area (Å²) in [6.07, 6.45) is 0.983. The Morgan fingerprint density at radius 2 is 1.96 bits per heavy atom. The number of nitrogens with zero attached hydrogens (tertiary/aromatic N) is 1. The Morgan fingerprint density at radius 1 is 1.17 bits per heavy atom. The van der Waals surface area contributed by atoms with Crippen LogP contribution in [0.4, 0.5) is 11.4 Å². The lowest BCUT2D eigenvalue weighted by Gasteiger charge is -2.22. The Labute approximate surface area is 140 Å². The number of anilines is 2. The van der Waals surface area contributed by atoms with Gasteiger partial charge in [0.2, 0.25) is 11.8 Å². The van der Waals surface area contributed by atoms with Gasteiger partial charge in [-0.1, -0.05) is 41.9 Å². The third kappa shape index (κ3) is 3.08. The average Bonchev–Trinajstić information content (AvgIpc) is 2.99. The molecule has 4 nitrogen and oxygen atoms in total. The fourth-order valence-electron chi connectivity index (χ4n) is 2.87. The zero-order valence-electron chi connectivity index (χ0n) is 12.8. The van der Waals surface area contributed by atoms with Gasteiger partial charge in [-0.15, -0.1) is 0 Å². The molecule has 2 aromatic rings. The fraction of sp³-hybridized carbons (Fsp3) is 0.222. The highest BCUT2D eigenvalue weighted by Gasteiger charge is 2.26. The second-order valence-corrected chi connectivity index (χ2v) is 5.91. The van der Waals surface area contributed by atoms with Gasteiger partial charge in [0.15, 0.2) is 0 Å². The van der Waals surface area contributed by atoms with Gasteiger partial charge in [-0.3, -0.25) is 9.59 Å². The smallest absolute Gasteiger partial charge is 0.238 e. The van der Waals surface area contributed by atoms with E-state index in [-0.39, 0.29) is 18.2 Å². The SMILES string of the molecule is CC(=O)N(C(=O)Cc1ccccc1Cl)c1cccc2c1NCC2. The molecule has 5 heteroatoms. The van der Waals surface area contributed by atoms with Crippen molar-refractivity contribution in [2.75, 3.05) is 16.8 Å². The van der Waals surface area contributed by atoms with Crippen LogP contribution in [0.15, 0.2) is 42.5 Å². The van der Waals surface area contributed by atoms with Gasteiger partial charge in [-0.2, -0.15) is 0 Å². The maximum atomic E-state index is 12.7. The Balaban J connectivity index is 1.94. The number of carbonyl (C=O) groups is 2. The number of fused-ring (bicyclic) bond motifs is 1. The lowest BCUT2D eigenvalue weighted by atomic mass is 10.1. The predicted molar refractivity (Wildman–Crippen MR) is 92.0 cm³/mol. The van der Waals surface area contributed by atoms with Crippen molar-refractivity contribution in [2.45, 2.75) is 19.8 Å². The minimum Gasteiger partial charge on any atom is -0.383 e. The summed E-state index contributed by atoms with van der Waals surface area (Å²) in [6, 6.07) is 12.9. The number of carbonyl (C=O) groups excluding carboxylic acids is 2. The van der Waals surface area contributed by atoms with Gasteiger partial charge in [-0.05, 0) is 29.7 Å². The molecule has 1 aliphatic heterocycles. The van der Waals surface area contributed by atoms with Crippen molar-refractivity contribution >= 4 is 34.8 Å². The second kappa shape index (κ2) is 6.42. The Kier molecular flexibility index (Phi) is 4.35. The number of nitrogens with one attached hydrogen (secondary N) is 1. The molecule has 1 aliphatic rings. The van der Waals surface area contributed by atoms with Crippen molar-refractivity contribution in [1.82, 2.24) is 0 Å². The van der Waals surface area contributed by atoms with Crippen molar-refractivity contribution in [2.24, 2.45) is 0 Å². The summed E-state index contributed by atoms with van der Waals surface area (Å²) in [5.41, 5.74) is 3.32. The standard InChI is InChI=1S/C18H17ClN2O2/c1-12(22)21(16-8-4-6-13-9-10-20-18(13)16)17(23)11-14-5-2-3-7-15(14)19/h2-8,20H,9-11H2,1H3. The van der Waals surface area contributed by atoms with E-state index in [0.717, 1.165) is 24.2 Å². The number of para-hydroxylation sites is 1. The van der Waals surface area contributed by atoms with Crippen LogP contribution in [0.25, 0.3) is 0 Å². The first-order valence-electron chi connectivity index (χ1n) is 7.50. The van der Waals surface area contributed by atoms with E-state index in [0.29, 0.717) is 16.3 Å². The van der Waals surface area contributed by atoms with Crippen molar-refractivity contribution in [3.63, 3.8) is 0 Å². The van der Waals surface area contributed by atoms with Gasteiger partial charge in [0.1, 0.15) is 0 Å². The molecule has 0 fully saturated rings. The van der Waals surface area contributed by atoms with Crippen LogP contribution in [-0.4, -0.2) is 18.4 Å². The fourth-order valence-corrected chi connectivity index (χ4v) is 3.07. The van der Waals surface area contributed by atoms with E-state index < -0.39 is 0 Å². The van der Waals surface area contributed by atoms with Crippen molar-refractivity contribution in [3.8, 4) is 0 Å². The number of hydrogen-bond donors (Lipinski definition) is 1. The summed E-state index contributed by atoms with van der Waals surface area (Å²) in [6.45, 7) is 2.22. The normalized spacial score (nSPS) is 12.4. The van der Waals surface area contributed by atoms with Crippen LogP contribution in [-0.2, 0) is 22.4 Å². The molecule has 0 aliphatic carbocycles. The summed E-state index contributed by atoms with van der Waals surface area (Å²) >= 11 is 6.12. The quantitative estimate of drug-likeness (QED) is 0.939. The Bertz CT molecular complexity index is 773. The monoisotopic (exact) mass is 328 g/mol. The molecule has 1 heterocycles. The summed E-state index contributed by atoms with van der Waals surface area (Å²) in [7, 11) is 0. The van der Waals surface area contributed by atoms with E-state index in [4.69, 9.17) is 11.6 Å². The van der Waals surface area contributed by atoms with Crippen LogP contribution in [0.3, 0.4) is 0 Å². The van der Waals surface area contributed by atoms with Crippen LogP contribution < -0.4 is 10.2 Å². The van der Waals surface area contributed by atoms with E-state index in [9.17, 15) is 9.59 Å².